The van der Waals surface area contributed by atoms with Gasteiger partial charge in [-0.1, -0.05) is 103 Å². The number of benzene rings is 4. The molecular weight excluding hydrogens is 594 g/mol. The van der Waals surface area contributed by atoms with Gasteiger partial charge in [0.25, 0.3) is 10.0 Å². The molecule has 9 heteroatoms. The first kappa shape index (κ1) is 32.8. The van der Waals surface area contributed by atoms with Gasteiger partial charge in [0.15, 0.2) is 0 Å². The van der Waals surface area contributed by atoms with Gasteiger partial charge in [0.05, 0.1) is 10.6 Å². The van der Waals surface area contributed by atoms with Gasteiger partial charge in [-0.15, -0.1) is 0 Å². The van der Waals surface area contributed by atoms with E-state index in [-0.39, 0.29) is 23.8 Å². The van der Waals surface area contributed by atoms with E-state index in [1.54, 1.807) is 24.3 Å². The fraction of sp³-hybridized carbons (Fsp3) is 0.257. The number of hydrogen-bond donors (Lipinski definition) is 1. The normalized spacial score (nSPS) is 11.9. The minimum absolute atomic E-state index is 0.00280. The van der Waals surface area contributed by atoms with Crippen LogP contribution in [0.4, 0.5) is 5.69 Å². The summed E-state index contributed by atoms with van der Waals surface area (Å²) in [5.41, 5.74) is 2.99. The number of nitrogens with zero attached hydrogens (tertiary/aromatic N) is 2. The van der Waals surface area contributed by atoms with E-state index in [2.05, 4.69) is 5.32 Å². The van der Waals surface area contributed by atoms with Crippen LogP contribution in [0.5, 0.6) is 0 Å². The third-order valence-corrected chi connectivity index (χ3v) is 9.34. The minimum Gasteiger partial charge on any atom is -0.354 e. The molecule has 2 amide bonds. The molecule has 0 saturated carbocycles. The van der Waals surface area contributed by atoms with Crippen LogP contribution in [0.1, 0.15) is 36.5 Å². The van der Waals surface area contributed by atoms with Crippen LogP contribution in [-0.4, -0.2) is 44.3 Å². The van der Waals surface area contributed by atoms with E-state index in [1.807, 2.05) is 74.5 Å². The maximum atomic E-state index is 14.4. The second-order valence-electron chi connectivity index (χ2n) is 10.7. The third kappa shape index (κ3) is 8.71. The molecule has 0 bridgehead atoms. The number of nitrogens with one attached hydrogen (secondary N) is 1. The summed E-state index contributed by atoms with van der Waals surface area (Å²) in [6, 6.07) is 30.8. The van der Waals surface area contributed by atoms with Gasteiger partial charge in [-0.2, -0.15) is 0 Å². The molecule has 4 rings (SSSR count). The zero-order chi connectivity index (χ0) is 31.5. The van der Waals surface area contributed by atoms with E-state index < -0.39 is 28.5 Å². The molecular formula is C35H38ClN3O4S. The molecule has 1 atom stereocenters. The summed E-state index contributed by atoms with van der Waals surface area (Å²) in [7, 11) is -4.18. The number of carbonyl (C=O) groups is 2. The number of unbranched alkanes of at least 4 members (excludes halogenated alkanes) is 1. The Labute approximate surface area is 265 Å². The summed E-state index contributed by atoms with van der Waals surface area (Å²) in [4.78, 5) is 29.7. The van der Waals surface area contributed by atoms with Gasteiger partial charge in [0, 0.05) is 24.5 Å². The zero-order valence-corrected chi connectivity index (χ0v) is 26.6. The second-order valence-corrected chi connectivity index (χ2v) is 13.0. The van der Waals surface area contributed by atoms with E-state index >= 15 is 0 Å². The number of aryl methyl sites for hydroxylation is 1. The number of sulfonamides is 1. The first-order valence-electron chi connectivity index (χ1n) is 14.7. The van der Waals surface area contributed by atoms with E-state index in [9.17, 15) is 18.0 Å². The molecule has 7 nitrogen and oxygen atoms in total. The second kappa shape index (κ2) is 15.5. The summed E-state index contributed by atoms with van der Waals surface area (Å²) in [6.07, 6.45) is 1.98. The Hall–Kier alpha value is -4.14. The molecule has 0 aromatic heterocycles. The molecule has 0 spiro atoms. The summed E-state index contributed by atoms with van der Waals surface area (Å²) in [5, 5.41) is 3.40. The summed E-state index contributed by atoms with van der Waals surface area (Å²) >= 11 is 6.05. The van der Waals surface area contributed by atoms with Crippen molar-refractivity contribution in [2.75, 3.05) is 17.4 Å². The van der Waals surface area contributed by atoms with Crippen molar-refractivity contribution in [1.82, 2.24) is 10.2 Å². The Morgan fingerprint density at radius 1 is 0.818 bits per heavy atom. The number of amides is 2. The standard InChI is InChI=1S/C35H38ClN3O4S/c1-3-4-23-37-35(41)33(24-28-11-7-5-8-12-28)38(25-29-13-9-6-10-14-29)34(40)26-39(31-19-15-27(2)16-20-31)44(42,43)32-21-17-30(36)18-22-32/h5-22,33H,3-4,23-26H2,1-2H3,(H,37,41)/t33-/m1/s1. The van der Waals surface area contributed by atoms with Crippen molar-refractivity contribution in [2.24, 2.45) is 0 Å². The third-order valence-electron chi connectivity index (χ3n) is 7.30. The monoisotopic (exact) mass is 631 g/mol. The van der Waals surface area contributed by atoms with E-state index in [0.29, 0.717) is 17.3 Å². The maximum Gasteiger partial charge on any atom is 0.264 e. The number of anilines is 1. The van der Waals surface area contributed by atoms with E-state index in [1.165, 1.54) is 29.2 Å². The Bertz CT molecular complexity index is 1610. The molecule has 230 valence electrons. The van der Waals surface area contributed by atoms with E-state index in [0.717, 1.165) is 33.8 Å². The lowest BCUT2D eigenvalue weighted by Crippen LogP contribution is -2.53. The van der Waals surface area contributed by atoms with Gasteiger partial charge in [0.1, 0.15) is 12.6 Å². The predicted octanol–water partition coefficient (Wildman–Crippen LogP) is 6.40. The van der Waals surface area contributed by atoms with Gasteiger partial charge >= 0.3 is 0 Å². The summed E-state index contributed by atoms with van der Waals surface area (Å²) < 4.78 is 29.2. The molecule has 0 unspecified atom stereocenters. The Morgan fingerprint density at radius 2 is 1.41 bits per heavy atom. The van der Waals surface area contributed by atoms with Crippen molar-refractivity contribution >= 4 is 39.1 Å². The van der Waals surface area contributed by atoms with Crippen molar-refractivity contribution in [3.8, 4) is 0 Å². The van der Waals surface area contributed by atoms with Gasteiger partial charge in [-0.25, -0.2) is 8.42 Å². The van der Waals surface area contributed by atoms with Gasteiger partial charge < -0.3 is 10.2 Å². The predicted molar refractivity (Wildman–Crippen MR) is 176 cm³/mol. The van der Waals surface area contributed by atoms with Crippen molar-refractivity contribution in [3.63, 3.8) is 0 Å². The van der Waals surface area contributed by atoms with Crippen LogP contribution in [0.3, 0.4) is 0 Å². The topological polar surface area (TPSA) is 86.8 Å². The van der Waals surface area contributed by atoms with Crippen molar-refractivity contribution in [1.29, 1.82) is 0 Å². The molecule has 0 radical (unpaired) electrons. The molecule has 4 aromatic rings. The molecule has 0 aliphatic heterocycles. The highest BCUT2D eigenvalue weighted by molar-refractivity contribution is 7.92. The van der Waals surface area contributed by atoms with Gasteiger partial charge in [-0.3, -0.25) is 13.9 Å². The van der Waals surface area contributed by atoms with Crippen molar-refractivity contribution < 1.29 is 18.0 Å². The average molecular weight is 632 g/mol. The fourth-order valence-corrected chi connectivity index (χ4v) is 6.35. The average Bonchev–Trinajstić information content (AvgIpc) is 3.03. The lowest BCUT2D eigenvalue weighted by atomic mass is 10.0. The van der Waals surface area contributed by atoms with Crippen LogP contribution in [0.2, 0.25) is 5.02 Å². The van der Waals surface area contributed by atoms with Crippen LogP contribution in [0, 0.1) is 6.92 Å². The number of halogens is 1. The minimum atomic E-state index is -4.18. The largest absolute Gasteiger partial charge is 0.354 e. The highest BCUT2D eigenvalue weighted by atomic mass is 35.5. The van der Waals surface area contributed by atoms with Gasteiger partial charge in [-0.05, 0) is 60.9 Å². The fourth-order valence-electron chi connectivity index (χ4n) is 4.81. The highest BCUT2D eigenvalue weighted by Crippen LogP contribution is 2.26. The summed E-state index contributed by atoms with van der Waals surface area (Å²) in [5.74, 6) is -0.785. The molecule has 0 fully saturated rings. The smallest absolute Gasteiger partial charge is 0.264 e. The molecule has 0 aliphatic carbocycles. The molecule has 0 heterocycles. The van der Waals surface area contributed by atoms with Gasteiger partial charge in [0.2, 0.25) is 11.8 Å². The van der Waals surface area contributed by atoms with Crippen LogP contribution < -0.4 is 9.62 Å². The first-order chi connectivity index (χ1) is 21.2. The van der Waals surface area contributed by atoms with Crippen LogP contribution in [0.15, 0.2) is 114 Å². The summed E-state index contributed by atoms with van der Waals surface area (Å²) in [6.45, 7) is 4.05. The van der Waals surface area contributed by atoms with Crippen molar-refractivity contribution in [2.45, 2.75) is 50.6 Å². The number of hydrogen-bond acceptors (Lipinski definition) is 4. The molecule has 0 saturated heterocycles. The zero-order valence-electron chi connectivity index (χ0n) is 25.0. The quantitative estimate of drug-likeness (QED) is 0.163. The lowest BCUT2D eigenvalue weighted by Gasteiger charge is -2.34. The number of carbonyl (C=O) groups excluding carboxylic acids is 2. The van der Waals surface area contributed by atoms with E-state index in [4.69, 9.17) is 11.6 Å². The molecule has 1 N–H and O–H groups in total. The lowest BCUT2D eigenvalue weighted by molar-refractivity contribution is -0.140. The Kier molecular flexibility index (Phi) is 11.6. The van der Waals surface area contributed by atoms with Crippen LogP contribution in [-0.2, 0) is 32.6 Å². The molecule has 44 heavy (non-hydrogen) atoms. The Morgan fingerprint density at radius 3 is 2.00 bits per heavy atom. The van der Waals surface area contributed by atoms with Crippen molar-refractivity contribution in [3.05, 3.63) is 131 Å². The van der Waals surface area contributed by atoms with Crippen LogP contribution >= 0.6 is 11.6 Å². The first-order valence-corrected chi connectivity index (χ1v) is 16.5. The number of rotatable bonds is 14. The maximum absolute atomic E-state index is 14.4. The Balaban J connectivity index is 1.77. The SMILES string of the molecule is CCCCNC(=O)[C@@H](Cc1ccccc1)N(Cc1ccccc1)C(=O)CN(c1ccc(C)cc1)S(=O)(=O)c1ccc(Cl)cc1. The molecule has 4 aromatic carbocycles. The highest BCUT2D eigenvalue weighted by Gasteiger charge is 2.34. The molecule has 0 aliphatic rings. The van der Waals surface area contributed by atoms with Crippen LogP contribution in [0.25, 0.3) is 0 Å².